The summed E-state index contributed by atoms with van der Waals surface area (Å²) in [6.45, 7) is 9.16. The second-order valence-electron chi connectivity index (χ2n) is 5.54. The normalized spacial score (nSPS) is 17.3. The van der Waals surface area contributed by atoms with Gasteiger partial charge in [-0.3, -0.25) is 0 Å². The van der Waals surface area contributed by atoms with Crippen molar-refractivity contribution in [2.75, 3.05) is 13.1 Å². The molecule has 1 heterocycles. The van der Waals surface area contributed by atoms with Crippen molar-refractivity contribution >= 4 is 6.09 Å². The Morgan fingerprint density at radius 3 is 2.41 bits per heavy atom. The van der Waals surface area contributed by atoms with Crippen LogP contribution < -0.4 is 0 Å². The van der Waals surface area contributed by atoms with Gasteiger partial charge in [0.15, 0.2) is 0 Å². The first-order valence-corrected chi connectivity index (χ1v) is 6.30. The van der Waals surface area contributed by atoms with Crippen molar-refractivity contribution in [1.29, 1.82) is 0 Å². The largest absolute Gasteiger partial charge is 0.444 e. The Kier molecular flexibility index (Phi) is 4.86. The van der Waals surface area contributed by atoms with Crippen LogP contribution in [0.1, 0.15) is 47.0 Å². The van der Waals surface area contributed by atoms with E-state index in [1.54, 1.807) is 4.90 Å². The minimum atomic E-state index is -0.401. The average molecular weight is 237 g/mol. The Morgan fingerprint density at radius 2 is 1.94 bits per heavy atom. The van der Waals surface area contributed by atoms with Crippen LogP contribution in [0.3, 0.4) is 0 Å². The highest BCUT2D eigenvalue weighted by Crippen LogP contribution is 2.21. The quantitative estimate of drug-likeness (QED) is 0.656. The Morgan fingerprint density at radius 1 is 1.35 bits per heavy atom. The lowest BCUT2D eigenvalue weighted by Gasteiger charge is -2.32. The summed E-state index contributed by atoms with van der Waals surface area (Å²) in [6.07, 6.45) is 2.85. The number of carbonyl (C=O) groups is 1. The first-order valence-electron chi connectivity index (χ1n) is 6.30. The molecule has 0 aromatic carbocycles. The molecule has 0 unspecified atom stereocenters. The summed E-state index contributed by atoms with van der Waals surface area (Å²) in [4.78, 5) is 13.6. The van der Waals surface area contributed by atoms with Crippen molar-refractivity contribution < 1.29 is 9.53 Å². The number of likely N-dealkylation sites (tertiary alicyclic amines) is 1. The predicted octanol–water partition coefficient (Wildman–Crippen LogP) is 3.05. The molecule has 0 bridgehead atoms. The molecule has 1 rings (SSSR count). The summed E-state index contributed by atoms with van der Waals surface area (Å²) >= 11 is 0. The Hall–Kier alpha value is -1.17. The summed E-state index contributed by atoms with van der Waals surface area (Å²) in [5.41, 5.74) is -0.401. The third-order valence-electron chi connectivity index (χ3n) is 2.83. The van der Waals surface area contributed by atoms with E-state index in [-0.39, 0.29) is 6.09 Å². The van der Waals surface area contributed by atoms with Crippen molar-refractivity contribution in [3.05, 3.63) is 0 Å². The Labute approximate surface area is 105 Å². The van der Waals surface area contributed by atoms with Crippen LogP contribution in [0.5, 0.6) is 0 Å². The van der Waals surface area contributed by atoms with E-state index in [1.807, 2.05) is 27.7 Å². The number of piperidine rings is 1. The molecule has 1 saturated heterocycles. The fourth-order valence-corrected chi connectivity index (χ4v) is 1.89. The number of hydrogen-bond acceptors (Lipinski definition) is 2. The van der Waals surface area contributed by atoms with Gasteiger partial charge in [0.05, 0.1) is 0 Å². The van der Waals surface area contributed by atoms with E-state index >= 15 is 0 Å². The smallest absolute Gasteiger partial charge is 0.410 e. The van der Waals surface area contributed by atoms with E-state index in [0.29, 0.717) is 5.92 Å². The highest BCUT2D eigenvalue weighted by atomic mass is 16.6. The molecule has 3 heteroatoms. The lowest BCUT2D eigenvalue weighted by molar-refractivity contribution is 0.0185. The fraction of sp³-hybridized carbons (Fsp3) is 0.786. The van der Waals surface area contributed by atoms with Gasteiger partial charge < -0.3 is 9.64 Å². The van der Waals surface area contributed by atoms with Crippen LogP contribution in [0.15, 0.2) is 0 Å². The second kappa shape index (κ2) is 5.95. The number of ether oxygens (including phenoxy) is 1. The van der Waals surface area contributed by atoms with Crippen molar-refractivity contribution in [2.45, 2.75) is 52.6 Å². The van der Waals surface area contributed by atoms with Gasteiger partial charge in [-0.05, 0) is 46.5 Å². The van der Waals surface area contributed by atoms with Crippen LogP contribution in [-0.4, -0.2) is 29.7 Å². The molecule has 1 fully saturated rings. The molecule has 0 aromatic heterocycles. The molecule has 0 aromatic rings. The SMILES string of the molecule is CC#CCC1CCN(C(=O)OC(C)(C)C)CC1. The number of carbonyl (C=O) groups excluding carboxylic acids is 1. The zero-order valence-electron chi connectivity index (χ0n) is 11.4. The number of amides is 1. The number of hydrogen-bond donors (Lipinski definition) is 0. The Balaban J connectivity index is 2.35. The van der Waals surface area contributed by atoms with E-state index in [9.17, 15) is 4.79 Å². The van der Waals surface area contributed by atoms with Gasteiger partial charge in [-0.1, -0.05) is 0 Å². The topological polar surface area (TPSA) is 29.5 Å². The third-order valence-corrected chi connectivity index (χ3v) is 2.83. The van der Waals surface area contributed by atoms with E-state index in [1.165, 1.54) is 0 Å². The summed E-state index contributed by atoms with van der Waals surface area (Å²) in [5.74, 6) is 6.68. The molecule has 96 valence electrons. The van der Waals surface area contributed by atoms with Crippen molar-refractivity contribution in [2.24, 2.45) is 5.92 Å². The first-order chi connectivity index (χ1) is 7.92. The molecular formula is C14H23NO2. The maximum Gasteiger partial charge on any atom is 0.410 e. The van der Waals surface area contributed by atoms with Crippen molar-refractivity contribution in [3.8, 4) is 11.8 Å². The molecule has 0 saturated carbocycles. The molecule has 0 spiro atoms. The van der Waals surface area contributed by atoms with Gasteiger partial charge in [0.2, 0.25) is 0 Å². The van der Waals surface area contributed by atoms with Gasteiger partial charge in [0.25, 0.3) is 0 Å². The highest BCUT2D eigenvalue weighted by molar-refractivity contribution is 5.68. The summed E-state index contributed by atoms with van der Waals surface area (Å²) in [7, 11) is 0. The van der Waals surface area contributed by atoms with Crippen molar-refractivity contribution in [1.82, 2.24) is 4.90 Å². The zero-order chi connectivity index (χ0) is 12.9. The molecular weight excluding hydrogens is 214 g/mol. The van der Waals surface area contributed by atoms with Gasteiger partial charge in [-0.15, -0.1) is 11.8 Å². The van der Waals surface area contributed by atoms with Gasteiger partial charge in [0, 0.05) is 19.5 Å². The standard InChI is InChI=1S/C14H23NO2/c1-5-6-7-12-8-10-15(11-9-12)13(16)17-14(2,3)4/h12H,7-11H2,1-4H3. The maximum absolute atomic E-state index is 11.8. The van der Waals surface area contributed by atoms with Gasteiger partial charge in [-0.2, -0.15) is 0 Å². The van der Waals surface area contributed by atoms with Crippen LogP contribution in [-0.2, 0) is 4.74 Å². The van der Waals surface area contributed by atoms with Crippen LogP contribution >= 0.6 is 0 Å². The van der Waals surface area contributed by atoms with Gasteiger partial charge >= 0.3 is 6.09 Å². The molecule has 17 heavy (non-hydrogen) atoms. The van der Waals surface area contributed by atoms with Crippen molar-refractivity contribution in [3.63, 3.8) is 0 Å². The molecule has 0 radical (unpaired) electrons. The van der Waals surface area contributed by atoms with Crippen LogP contribution in [0, 0.1) is 17.8 Å². The minimum Gasteiger partial charge on any atom is -0.444 e. The average Bonchev–Trinajstić information content (AvgIpc) is 2.24. The zero-order valence-corrected chi connectivity index (χ0v) is 11.4. The predicted molar refractivity (Wildman–Crippen MR) is 68.6 cm³/mol. The summed E-state index contributed by atoms with van der Waals surface area (Å²) in [5, 5.41) is 0. The first kappa shape index (κ1) is 13.9. The van der Waals surface area contributed by atoms with Crippen LogP contribution in [0.25, 0.3) is 0 Å². The van der Waals surface area contributed by atoms with Gasteiger partial charge in [-0.25, -0.2) is 4.79 Å². The minimum absolute atomic E-state index is 0.183. The molecule has 0 atom stereocenters. The molecule has 3 nitrogen and oxygen atoms in total. The van der Waals surface area contributed by atoms with E-state index < -0.39 is 5.60 Å². The molecule has 1 aliphatic rings. The fourth-order valence-electron chi connectivity index (χ4n) is 1.89. The van der Waals surface area contributed by atoms with Crippen LogP contribution in [0.4, 0.5) is 4.79 Å². The second-order valence-corrected chi connectivity index (χ2v) is 5.54. The van der Waals surface area contributed by atoms with E-state index in [0.717, 1.165) is 32.4 Å². The van der Waals surface area contributed by atoms with Gasteiger partial charge in [0.1, 0.15) is 5.60 Å². The molecule has 1 aliphatic heterocycles. The summed E-state index contributed by atoms with van der Waals surface area (Å²) in [6, 6.07) is 0. The third kappa shape index (κ3) is 5.12. The highest BCUT2D eigenvalue weighted by Gasteiger charge is 2.26. The molecule has 0 N–H and O–H groups in total. The summed E-state index contributed by atoms with van der Waals surface area (Å²) < 4.78 is 5.35. The lowest BCUT2D eigenvalue weighted by Crippen LogP contribution is -2.41. The molecule has 0 aliphatic carbocycles. The van der Waals surface area contributed by atoms with E-state index in [2.05, 4.69) is 11.8 Å². The number of nitrogens with zero attached hydrogens (tertiary/aromatic N) is 1. The lowest BCUT2D eigenvalue weighted by atomic mass is 9.94. The monoisotopic (exact) mass is 237 g/mol. The number of rotatable bonds is 1. The molecule has 1 amide bonds. The van der Waals surface area contributed by atoms with E-state index in [4.69, 9.17) is 4.74 Å². The maximum atomic E-state index is 11.8. The Bertz CT molecular complexity index is 311. The van der Waals surface area contributed by atoms with Crippen LogP contribution in [0.2, 0.25) is 0 Å².